The molecule has 0 unspecified atom stereocenters. The van der Waals surface area contributed by atoms with Gasteiger partial charge in [-0.2, -0.15) is 0 Å². The van der Waals surface area contributed by atoms with Gasteiger partial charge in [-0.05, 0) is 19.8 Å². The Kier molecular flexibility index (Phi) is 5.63. The lowest BCUT2D eigenvalue weighted by Crippen LogP contribution is -2.51. The summed E-state index contributed by atoms with van der Waals surface area (Å²) >= 11 is 0. The average Bonchev–Trinajstić information content (AvgIpc) is 2.34. The zero-order valence-corrected chi connectivity index (χ0v) is 12.0. The number of nitrogens with zero attached hydrogens (tertiary/aromatic N) is 2. The van der Waals surface area contributed by atoms with E-state index < -0.39 is 0 Å². The van der Waals surface area contributed by atoms with Crippen molar-refractivity contribution < 1.29 is 4.79 Å². The van der Waals surface area contributed by atoms with E-state index in [9.17, 15) is 4.79 Å². The van der Waals surface area contributed by atoms with Gasteiger partial charge in [-0.1, -0.05) is 39.5 Å². The van der Waals surface area contributed by atoms with E-state index in [1.165, 1.54) is 0 Å². The van der Waals surface area contributed by atoms with Crippen LogP contribution in [0.15, 0.2) is 4.99 Å². The van der Waals surface area contributed by atoms with Crippen LogP contribution in [0.3, 0.4) is 0 Å². The molecule has 0 spiro atoms. The first-order valence-corrected chi connectivity index (χ1v) is 7.24. The zero-order valence-electron chi connectivity index (χ0n) is 12.0. The number of aliphatic imine (C=N–C) groups is 1. The van der Waals surface area contributed by atoms with Crippen LogP contribution in [-0.4, -0.2) is 28.9 Å². The van der Waals surface area contributed by atoms with E-state index in [1.807, 2.05) is 6.92 Å². The van der Waals surface area contributed by atoms with Crippen molar-refractivity contribution in [3.63, 3.8) is 0 Å². The lowest BCUT2D eigenvalue weighted by molar-refractivity contribution is -0.129. The highest BCUT2D eigenvalue weighted by molar-refractivity contribution is 5.99. The molecule has 0 saturated heterocycles. The third-order valence-electron chi connectivity index (χ3n) is 3.72. The van der Waals surface area contributed by atoms with Gasteiger partial charge in [0.25, 0.3) is 0 Å². The van der Waals surface area contributed by atoms with Crippen LogP contribution in [-0.2, 0) is 4.79 Å². The molecule has 0 aromatic heterocycles. The topological polar surface area (TPSA) is 58.7 Å². The van der Waals surface area contributed by atoms with E-state index in [1.54, 1.807) is 4.90 Å². The molecule has 0 aromatic rings. The van der Waals surface area contributed by atoms with E-state index in [-0.39, 0.29) is 11.4 Å². The Labute approximate surface area is 111 Å². The summed E-state index contributed by atoms with van der Waals surface area (Å²) in [5.74, 6) is 0.554. The number of unbranched alkanes of at least 4 members (excludes halogenated alkanes) is 2. The van der Waals surface area contributed by atoms with E-state index in [4.69, 9.17) is 10.7 Å². The molecule has 0 aliphatic carbocycles. The minimum absolute atomic E-state index is 0.136. The number of hydrogen-bond acceptors (Lipinski definition) is 3. The Morgan fingerprint density at radius 2 is 1.78 bits per heavy atom. The smallest absolute Gasteiger partial charge is 0.231 e. The summed E-state index contributed by atoms with van der Waals surface area (Å²) in [5, 5.41) is 0. The standard InChI is InChI=1S/C14H27N3O/c1-4-7-9-14(10-8-5-2)11-12(18)17(6-3)13(15)16-14/h4-11H2,1-3H3,(H2,15,16). The van der Waals surface area contributed by atoms with Gasteiger partial charge in [0.05, 0.1) is 12.0 Å². The lowest BCUT2D eigenvalue weighted by atomic mass is 9.83. The zero-order chi connectivity index (χ0) is 13.6. The van der Waals surface area contributed by atoms with Crippen LogP contribution in [0, 0.1) is 0 Å². The Hall–Kier alpha value is -1.06. The van der Waals surface area contributed by atoms with Gasteiger partial charge in [0.2, 0.25) is 5.91 Å². The van der Waals surface area contributed by atoms with Crippen LogP contribution in [0.5, 0.6) is 0 Å². The Morgan fingerprint density at radius 1 is 1.22 bits per heavy atom. The fraction of sp³-hybridized carbons (Fsp3) is 0.857. The third-order valence-corrected chi connectivity index (χ3v) is 3.72. The van der Waals surface area contributed by atoms with Crippen molar-refractivity contribution in [2.24, 2.45) is 10.7 Å². The average molecular weight is 253 g/mol. The van der Waals surface area contributed by atoms with Crippen molar-refractivity contribution in [3.8, 4) is 0 Å². The molecule has 4 nitrogen and oxygen atoms in total. The number of hydrogen-bond donors (Lipinski definition) is 1. The van der Waals surface area contributed by atoms with E-state index in [0.717, 1.165) is 38.5 Å². The Bertz CT molecular complexity index is 304. The molecule has 0 saturated carbocycles. The quantitative estimate of drug-likeness (QED) is 0.758. The molecule has 1 rings (SSSR count). The monoisotopic (exact) mass is 253 g/mol. The molecule has 4 heteroatoms. The molecule has 104 valence electrons. The minimum Gasteiger partial charge on any atom is -0.369 e. The second-order valence-electron chi connectivity index (χ2n) is 5.22. The number of nitrogens with two attached hydrogens (primary N) is 1. The summed E-state index contributed by atoms with van der Waals surface area (Å²) in [6, 6.07) is 0. The van der Waals surface area contributed by atoms with Crippen molar-refractivity contribution in [2.75, 3.05) is 6.54 Å². The van der Waals surface area contributed by atoms with Crippen LogP contribution in [0.1, 0.15) is 65.7 Å². The van der Waals surface area contributed by atoms with Crippen molar-refractivity contribution >= 4 is 11.9 Å². The molecule has 0 fully saturated rings. The van der Waals surface area contributed by atoms with Gasteiger partial charge in [0, 0.05) is 6.54 Å². The molecule has 2 N–H and O–H groups in total. The summed E-state index contributed by atoms with van der Waals surface area (Å²) in [4.78, 5) is 18.4. The predicted octanol–water partition coefficient (Wildman–Crippen LogP) is 2.67. The van der Waals surface area contributed by atoms with Crippen LogP contribution in [0.25, 0.3) is 0 Å². The summed E-state index contributed by atoms with van der Waals surface area (Å²) in [6.45, 7) is 6.89. The molecule has 1 aliphatic heterocycles. The van der Waals surface area contributed by atoms with Crippen LogP contribution >= 0.6 is 0 Å². The first-order valence-electron chi connectivity index (χ1n) is 7.24. The minimum atomic E-state index is -0.223. The molecule has 0 atom stereocenters. The van der Waals surface area contributed by atoms with Crippen LogP contribution < -0.4 is 5.73 Å². The largest absolute Gasteiger partial charge is 0.369 e. The first kappa shape index (κ1) is 15.0. The van der Waals surface area contributed by atoms with Gasteiger partial charge >= 0.3 is 0 Å². The number of amides is 1. The molecular weight excluding hydrogens is 226 g/mol. The number of carbonyl (C=O) groups is 1. The van der Waals surface area contributed by atoms with Gasteiger partial charge in [0.15, 0.2) is 5.96 Å². The highest BCUT2D eigenvalue weighted by Crippen LogP contribution is 2.33. The maximum Gasteiger partial charge on any atom is 0.231 e. The van der Waals surface area contributed by atoms with E-state index in [0.29, 0.717) is 18.9 Å². The van der Waals surface area contributed by atoms with Crippen LogP contribution in [0.2, 0.25) is 0 Å². The molecule has 1 heterocycles. The molecule has 0 aromatic carbocycles. The van der Waals surface area contributed by atoms with Gasteiger partial charge in [-0.3, -0.25) is 9.69 Å². The molecule has 18 heavy (non-hydrogen) atoms. The summed E-state index contributed by atoms with van der Waals surface area (Å²) in [6.07, 6.45) is 6.98. The van der Waals surface area contributed by atoms with Gasteiger partial charge in [-0.15, -0.1) is 0 Å². The van der Waals surface area contributed by atoms with Crippen molar-refractivity contribution in [1.82, 2.24) is 4.90 Å². The van der Waals surface area contributed by atoms with Gasteiger partial charge < -0.3 is 5.73 Å². The fourth-order valence-electron chi connectivity index (χ4n) is 2.61. The third kappa shape index (κ3) is 3.47. The normalized spacial score (nSPS) is 18.9. The van der Waals surface area contributed by atoms with E-state index >= 15 is 0 Å². The predicted molar refractivity (Wildman–Crippen MR) is 75.4 cm³/mol. The maximum absolute atomic E-state index is 12.1. The number of carbonyl (C=O) groups excluding carboxylic acids is 1. The first-order chi connectivity index (χ1) is 8.58. The molecule has 1 aliphatic rings. The number of guanidine groups is 1. The number of rotatable bonds is 7. The molecule has 0 radical (unpaired) electrons. The Balaban J connectivity index is 2.89. The lowest BCUT2D eigenvalue weighted by Gasteiger charge is -2.37. The van der Waals surface area contributed by atoms with Crippen molar-refractivity contribution in [3.05, 3.63) is 0 Å². The van der Waals surface area contributed by atoms with Crippen molar-refractivity contribution in [1.29, 1.82) is 0 Å². The SMILES string of the molecule is CCCCC1(CCCC)CC(=O)N(CC)C(N)=N1. The van der Waals surface area contributed by atoms with Crippen molar-refractivity contribution in [2.45, 2.75) is 71.3 Å². The summed E-state index contributed by atoms with van der Waals surface area (Å²) < 4.78 is 0. The Morgan fingerprint density at radius 3 is 2.17 bits per heavy atom. The van der Waals surface area contributed by atoms with Crippen LogP contribution in [0.4, 0.5) is 0 Å². The highest BCUT2D eigenvalue weighted by atomic mass is 16.2. The van der Waals surface area contributed by atoms with Gasteiger partial charge in [-0.25, -0.2) is 4.99 Å². The molecule has 1 amide bonds. The highest BCUT2D eigenvalue weighted by Gasteiger charge is 2.38. The fourth-order valence-corrected chi connectivity index (χ4v) is 2.61. The second-order valence-corrected chi connectivity index (χ2v) is 5.22. The van der Waals surface area contributed by atoms with Gasteiger partial charge in [0.1, 0.15) is 0 Å². The molecule has 0 bridgehead atoms. The second kappa shape index (κ2) is 6.76. The summed E-state index contributed by atoms with van der Waals surface area (Å²) in [7, 11) is 0. The summed E-state index contributed by atoms with van der Waals surface area (Å²) in [5.41, 5.74) is 5.73. The van der Waals surface area contributed by atoms with E-state index in [2.05, 4.69) is 13.8 Å². The maximum atomic E-state index is 12.1. The molecular formula is C14H27N3O.